The number of amides is 2. The van der Waals surface area contributed by atoms with Crippen LogP contribution in [-0.4, -0.2) is 53.7 Å². The number of nitrogen functional groups attached to an aromatic ring is 1. The van der Waals surface area contributed by atoms with E-state index in [4.69, 9.17) is 21.9 Å². The summed E-state index contributed by atoms with van der Waals surface area (Å²) in [6.07, 6.45) is 8.48. The lowest BCUT2D eigenvalue weighted by Crippen LogP contribution is -2.59. The molecule has 0 radical (unpaired) electrons. The SMILES string of the molecule is C#CCNC(=O)N1CCN(c2nc(C3CC3)c3c(c2N)CC(C)(C)OC3)C[C@H]1C(C)C. The molecule has 2 fully saturated rings. The summed E-state index contributed by atoms with van der Waals surface area (Å²) in [4.78, 5) is 21.9. The maximum Gasteiger partial charge on any atom is 0.318 e. The van der Waals surface area contributed by atoms with Gasteiger partial charge in [-0.3, -0.25) is 0 Å². The zero-order chi connectivity index (χ0) is 22.3. The van der Waals surface area contributed by atoms with Crippen LogP contribution in [0, 0.1) is 18.3 Å². The molecule has 0 unspecified atom stereocenters. The number of nitrogens with two attached hydrogens (primary N) is 1. The quantitative estimate of drug-likeness (QED) is 0.725. The van der Waals surface area contributed by atoms with Crippen LogP contribution in [0.4, 0.5) is 16.3 Å². The van der Waals surface area contributed by atoms with Gasteiger partial charge in [-0.05, 0) is 38.2 Å². The molecule has 1 aromatic rings. The van der Waals surface area contributed by atoms with Gasteiger partial charge in [-0.1, -0.05) is 19.8 Å². The van der Waals surface area contributed by atoms with Gasteiger partial charge in [0.2, 0.25) is 0 Å². The standard InChI is InChI=1S/C24H35N5O2/c1-6-9-26-23(30)29-11-10-28(13-19(29)15(2)3)22-20(25)17-12-24(4,5)31-14-18(17)21(27-22)16-7-8-16/h1,15-16,19H,7-14,25H2,2-5H3,(H,26,30)/t19-/m0/s1. The second-order valence-corrected chi connectivity index (χ2v) is 10.0. The summed E-state index contributed by atoms with van der Waals surface area (Å²) >= 11 is 0. The number of nitrogens with one attached hydrogen (secondary N) is 1. The highest BCUT2D eigenvalue weighted by Crippen LogP contribution is 2.46. The lowest BCUT2D eigenvalue weighted by Gasteiger charge is -2.44. The number of aromatic nitrogens is 1. The van der Waals surface area contributed by atoms with E-state index in [1.165, 1.54) is 29.7 Å². The maximum atomic E-state index is 12.6. The van der Waals surface area contributed by atoms with E-state index in [0.29, 0.717) is 38.1 Å². The number of hydrogen-bond acceptors (Lipinski definition) is 5. The van der Waals surface area contributed by atoms with Gasteiger partial charge in [-0.15, -0.1) is 6.42 Å². The number of carbonyl (C=O) groups is 1. The van der Waals surface area contributed by atoms with E-state index in [0.717, 1.165) is 17.9 Å². The Morgan fingerprint density at radius 1 is 1.35 bits per heavy atom. The predicted octanol–water partition coefficient (Wildman–Crippen LogP) is 2.88. The lowest BCUT2D eigenvalue weighted by atomic mass is 9.89. The maximum absolute atomic E-state index is 12.6. The fourth-order valence-corrected chi connectivity index (χ4v) is 4.79. The van der Waals surface area contributed by atoms with Crippen LogP contribution in [0.5, 0.6) is 0 Å². The molecule has 1 aliphatic carbocycles. The Morgan fingerprint density at radius 2 is 2.10 bits per heavy atom. The largest absolute Gasteiger partial charge is 0.395 e. The number of anilines is 2. The molecule has 0 bridgehead atoms. The van der Waals surface area contributed by atoms with Crippen molar-refractivity contribution in [1.82, 2.24) is 15.2 Å². The molecule has 2 aliphatic heterocycles. The first-order valence-corrected chi connectivity index (χ1v) is 11.4. The fraction of sp³-hybridized carbons (Fsp3) is 0.667. The number of terminal acetylenes is 1. The van der Waals surface area contributed by atoms with Crippen LogP contribution in [0.25, 0.3) is 0 Å². The van der Waals surface area contributed by atoms with Gasteiger partial charge in [0.25, 0.3) is 0 Å². The van der Waals surface area contributed by atoms with Crippen LogP contribution in [0.15, 0.2) is 0 Å². The topological polar surface area (TPSA) is 83.7 Å². The second-order valence-electron chi connectivity index (χ2n) is 10.0. The molecule has 31 heavy (non-hydrogen) atoms. The summed E-state index contributed by atoms with van der Waals surface area (Å²) in [5.41, 5.74) is 10.9. The van der Waals surface area contributed by atoms with Crippen molar-refractivity contribution < 1.29 is 9.53 Å². The summed E-state index contributed by atoms with van der Waals surface area (Å²) in [6, 6.07) is -0.0341. The van der Waals surface area contributed by atoms with Crippen molar-refractivity contribution in [3.8, 4) is 12.3 Å². The monoisotopic (exact) mass is 425 g/mol. The Hall–Kier alpha value is -2.46. The van der Waals surface area contributed by atoms with Gasteiger partial charge in [0.15, 0.2) is 5.82 Å². The Morgan fingerprint density at radius 3 is 2.74 bits per heavy atom. The molecule has 3 aliphatic rings. The Balaban J connectivity index is 1.65. The summed E-state index contributed by atoms with van der Waals surface area (Å²) in [5, 5.41) is 2.81. The third-order valence-electron chi connectivity index (χ3n) is 6.73. The second kappa shape index (κ2) is 8.23. The highest BCUT2D eigenvalue weighted by Gasteiger charge is 2.38. The van der Waals surface area contributed by atoms with Gasteiger partial charge in [-0.25, -0.2) is 9.78 Å². The van der Waals surface area contributed by atoms with Gasteiger partial charge in [0.1, 0.15) is 0 Å². The summed E-state index contributed by atoms with van der Waals surface area (Å²) in [7, 11) is 0. The third kappa shape index (κ3) is 4.31. The fourth-order valence-electron chi connectivity index (χ4n) is 4.79. The lowest BCUT2D eigenvalue weighted by molar-refractivity contribution is -0.0404. The zero-order valence-electron chi connectivity index (χ0n) is 19.2. The van der Waals surface area contributed by atoms with E-state index >= 15 is 0 Å². The molecule has 1 atom stereocenters. The molecule has 168 valence electrons. The molecule has 1 saturated heterocycles. The van der Waals surface area contributed by atoms with Crippen molar-refractivity contribution in [1.29, 1.82) is 0 Å². The van der Waals surface area contributed by atoms with Crippen LogP contribution < -0.4 is 16.0 Å². The van der Waals surface area contributed by atoms with E-state index in [2.05, 4.69) is 43.8 Å². The van der Waals surface area contributed by atoms with Crippen LogP contribution in [0.3, 0.4) is 0 Å². The van der Waals surface area contributed by atoms with Crippen molar-refractivity contribution >= 4 is 17.5 Å². The number of fused-ring (bicyclic) bond motifs is 1. The smallest absolute Gasteiger partial charge is 0.318 e. The van der Waals surface area contributed by atoms with Crippen molar-refractivity contribution in [2.75, 3.05) is 36.8 Å². The Labute approximate surface area is 185 Å². The molecule has 3 heterocycles. The van der Waals surface area contributed by atoms with Gasteiger partial charge < -0.3 is 25.6 Å². The van der Waals surface area contributed by atoms with Crippen LogP contribution in [0.2, 0.25) is 0 Å². The molecule has 1 aromatic heterocycles. The van der Waals surface area contributed by atoms with Crippen molar-refractivity contribution in [3.63, 3.8) is 0 Å². The Kier molecular flexibility index (Phi) is 5.78. The van der Waals surface area contributed by atoms with Crippen LogP contribution in [0.1, 0.15) is 63.3 Å². The van der Waals surface area contributed by atoms with E-state index in [-0.39, 0.29) is 24.2 Å². The number of carbonyl (C=O) groups excluding carboxylic acids is 1. The zero-order valence-corrected chi connectivity index (χ0v) is 19.2. The molecule has 7 nitrogen and oxygen atoms in total. The number of nitrogens with zero attached hydrogens (tertiary/aromatic N) is 3. The van der Waals surface area contributed by atoms with Crippen LogP contribution >= 0.6 is 0 Å². The number of ether oxygens (including phenoxy) is 1. The first kappa shape index (κ1) is 21.8. The number of pyridine rings is 1. The van der Waals surface area contributed by atoms with Gasteiger partial charge in [-0.2, -0.15) is 0 Å². The number of rotatable bonds is 4. The summed E-state index contributed by atoms with van der Waals surface area (Å²) in [6.45, 7) is 11.4. The number of piperazine rings is 1. The van der Waals surface area contributed by atoms with Gasteiger partial charge in [0, 0.05) is 37.5 Å². The third-order valence-corrected chi connectivity index (χ3v) is 6.73. The van der Waals surface area contributed by atoms with Crippen LogP contribution in [-0.2, 0) is 17.8 Å². The van der Waals surface area contributed by atoms with Crippen molar-refractivity contribution in [3.05, 3.63) is 16.8 Å². The first-order chi connectivity index (χ1) is 14.7. The normalized spacial score (nSPS) is 22.8. The first-order valence-electron chi connectivity index (χ1n) is 11.4. The number of urea groups is 1. The average molecular weight is 426 g/mol. The minimum Gasteiger partial charge on any atom is -0.395 e. The summed E-state index contributed by atoms with van der Waals surface area (Å²) in [5.74, 6) is 4.18. The number of hydrogen-bond donors (Lipinski definition) is 2. The van der Waals surface area contributed by atoms with E-state index < -0.39 is 0 Å². The molecule has 4 rings (SSSR count). The van der Waals surface area contributed by atoms with Crippen molar-refractivity contribution in [2.24, 2.45) is 5.92 Å². The minimum atomic E-state index is -0.227. The highest BCUT2D eigenvalue weighted by atomic mass is 16.5. The van der Waals surface area contributed by atoms with E-state index in [1.54, 1.807) is 0 Å². The molecule has 2 amide bonds. The molecular weight excluding hydrogens is 390 g/mol. The van der Waals surface area contributed by atoms with Gasteiger partial charge in [0.05, 0.1) is 36.2 Å². The van der Waals surface area contributed by atoms with E-state index in [1.807, 2.05) is 4.90 Å². The summed E-state index contributed by atoms with van der Waals surface area (Å²) < 4.78 is 6.10. The average Bonchev–Trinajstić information content (AvgIpc) is 3.57. The molecule has 0 spiro atoms. The molecule has 1 saturated carbocycles. The molecule has 3 N–H and O–H groups in total. The molecule has 0 aromatic carbocycles. The minimum absolute atomic E-state index is 0.0629. The van der Waals surface area contributed by atoms with Crippen molar-refractivity contribution in [2.45, 2.75) is 71.1 Å². The predicted molar refractivity (Wildman–Crippen MR) is 123 cm³/mol. The van der Waals surface area contributed by atoms with E-state index in [9.17, 15) is 4.79 Å². The van der Waals surface area contributed by atoms with Gasteiger partial charge >= 0.3 is 6.03 Å². The Bertz CT molecular complexity index is 900. The molecule has 7 heteroatoms. The molecular formula is C24H35N5O2. The highest BCUT2D eigenvalue weighted by molar-refractivity contribution is 5.76.